The van der Waals surface area contributed by atoms with E-state index in [0.29, 0.717) is 32.0 Å². The van der Waals surface area contributed by atoms with Gasteiger partial charge >= 0.3 is 0 Å². The van der Waals surface area contributed by atoms with Gasteiger partial charge in [0.1, 0.15) is 6.04 Å². The second-order valence-electron chi connectivity index (χ2n) is 8.40. The summed E-state index contributed by atoms with van der Waals surface area (Å²) in [5, 5.41) is 5.84. The molecule has 7 nitrogen and oxygen atoms in total. The molecule has 0 fully saturated rings. The maximum Gasteiger partial charge on any atom is 0.262 e. The number of nitrogens with zero attached hydrogens (tertiary/aromatic N) is 1. The molecule has 9 heteroatoms. The van der Waals surface area contributed by atoms with Gasteiger partial charge in [-0.15, -0.1) is 11.3 Å². The van der Waals surface area contributed by atoms with Crippen LogP contribution < -0.4 is 20.1 Å². The first kappa shape index (κ1) is 22.7. The number of carbonyl (C=O) groups is 2. The third-order valence-electron chi connectivity index (χ3n) is 6.06. The number of likely N-dealkylation sites (N-methyl/N-ethyl adjacent to an activating group) is 1. The van der Waals surface area contributed by atoms with Crippen molar-refractivity contribution in [3.8, 4) is 11.5 Å². The van der Waals surface area contributed by atoms with Crippen molar-refractivity contribution >= 4 is 40.4 Å². The summed E-state index contributed by atoms with van der Waals surface area (Å²) in [6.45, 7) is 2.12. The van der Waals surface area contributed by atoms with Crippen LogP contribution in [0.1, 0.15) is 32.4 Å². The number of anilines is 1. The summed E-state index contributed by atoms with van der Waals surface area (Å²) in [6, 6.07) is 13.6. The molecular formula is C25H24ClN3O4S. The van der Waals surface area contributed by atoms with E-state index in [2.05, 4.69) is 28.6 Å². The molecule has 1 aromatic heterocycles. The zero-order valence-corrected chi connectivity index (χ0v) is 20.2. The molecule has 2 aromatic carbocycles. The zero-order chi connectivity index (χ0) is 23.7. The lowest BCUT2D eigenvalue weighted by molar-refractivity contribution is -0.118. The molecule has 1 atom stereocenters. The van der Waals surface area contributed by atoms with Crippen LogP contribution in [0.2, 0.25) is 4.34 Å². The first-order chi connectivity index (χ1) is 16.5. The molecule has 2 aliphatic heterocycles. The van der Waals surface area contributed by atoms with Crippen molar-refractivity contribution in [2.24, 2.45) is 0 Å². The van der Waals surface area contributed by atoms with Crippen molar-refractivity contribution in [1.82, 2.24) is 10.2 Å². The Morgan fingerprint density at radius 3 is 2.59 bits per heavy atom. The Hall–Kier alpha value is -3.07. The summed E-state index contributed by atoms with van der Waals surface area (Å²) in [6.07, 6.45) is 1.91. The molecule has 2 amide bonds. The van der Waals surface area contributed by atoms with Gasteiger partial charge in [0.15, 0.2) is 11.5 Å². The highest BCUT2D eigenvalue weighted by Gasteiger charge is 2.27. The summed E-state index contributed by atoms with van der Waals surface area (Å²) < 4.78 is 11.4. The first-order valence-electron chi connectivity index (χ1n) is 11.0. The Morgan fingerprint density at radius 2 is 1.79 bits per heavy atom. The van der Waals surface area contributed by atoms with Gasteiger partial charge in [-0.1, -0.05) is 23.7 Å². The number of carbonyl (C=O) groups excluding carboxylic acids is 2. The van der Waals surface area contributed by atoms with Gasteiger partial charge in [-0.05, 0) is 73.0 Å². The molecule has 2 N–H and O–H groups in total. The molecule has 3 aromatic rings. The second-order valence-corrected chi connectivity index (χ2v) is 10.1. The van der Waals surface area contributed by atoms with E-state index < -0.39 is 6.04 Å². The van der Waals surface area contributed by atoms with Gasteiger partial charge in [-0.3, -0.25) is 9.59 Å². The predicted octanol–water partition coefficient (Wildman–Crippen LogP) is 4.27. The van der Waals surface area contributed by atoms with E-state index in [-0.39, 0.29) is 18.6 Å². The van der Waals surface area contributed by atoms with Crippen LogP contribution in [0.3, 0.4) is 0 Å². The zero-order valence-electron chi connectivity index (χ0n) is 18.6. The van der Waals surface area contributed by atoms with Crippen LogP contribution in [-0.4, -0.2) is 43.6 Å². The number of fused-ring (bicyclic) bond motifs is 2. The lowest BCUT2D eigenvalue weighted by Gasteiger charge is -2.19. The number of halogens is 1. The monoisotopic (exact) mass is 497 g/mol. The standard InChI is InChI=1S/C25H24ClN3O4S/c1-29-10-8-15-2-4-18(12-16(15)9-11-29)27-25(31)23(28-24(30)21-6-7-22(26)34-21)17-3-5-19-20(13-17)33-14-32-19/h2-7,12-13,23H,8-11,14H2,1H3,(H,27,31)(H,28,30). The maximum atomic E-state index is 13.4. The lowest BCUT2D eigenvalue weighted by Crippen LogP contribution is -2.36. The number of ether oxygens (including phenoxy) is 2. The molecule has 0 radical (unpaired) electrons. The fourth-order valence-corrected chi connectivity index (χ4v) is 5.11. The lowest BCUT2D eigenvalue weighted by atomic mass is 10.0. The Labute approximate surface area is 206 Å². The largest absolute Gasteiger partial charge is 0.454 e. The summed E-state index contributed by atoms with van der Waals surface area (Å²) >= 11 is 7.16. The third kappa shape index (κ3) is 4.89. The summed E-state index contributed by atoms with van der Waals surface area (Å²) in [5.41, 5.74) is 3.83. The van der Waals surface area contributed by atoms with Crippen LogP contribution in [0.4, 0.5) is 5.69 Å². The fourth-order valence-electron chi connectivity index (χ4n) is 4.16. The maximum absolute atomic E-state index is 13.4. The van der Waals surface area contributed by atoms with E-state index in [9.17, 15) is 9.59 Å². The Bertz CT molecular complexity index is 1240. The minimum atomic E-state index is -0.937. The number of nitrogens with one attached hydrogen (secondary N) is 2. The molecule has 2 aliphatic rings. The number of hydrogen-bond donors (Lipinski definition) is 2. The van der Waals surface area contributed by atoms with Crippen molar-refractivity contribution in [1.29, 1.82) is 0 Å². The van der Waals surface area contributed by atoms with Crippen LogP contribution in [0.15, 0.2) is 48.5 Å². The minimum absolute atomic E-state index is 0.125. The fraction of sp³-hybridized carbons (Fsp3) is 0.280. The molecule has 0 spiro atoms. The van der Waals surface area contributed by atoms with Crippen molar-refractivity contribution in [2.45, 2.75) is 18.9 Å². The van der Waals surface area contributed by atoms with Gasteiger partial charge < -0.3 is 25.0 Å². The molecule has 5 rings (SSSR count). The summed E-state index contributed by atoms with van der Waals surface area (Å²) in [7, 11) is 2.12. The van der Waals surface area contributed by atoms with Gasteiger partial charge in [-0.2, -0.15) is 0 Å². The summed E-state index contributed by atoms with van der Waals surface area (Å²) in [5.74, 6) is 0.424. The van der Waals surface area contributed by atoms with Crippen LogP contribution in [0.5, 0.6) is 11.5 Å². The highest BCUT2D eigenvalue weighted by molar-refractivity contribution is 7.18. The molecule has 0 saturated heterocycles. The number of hydrogen-bond acceptors (Lipinski definition) is 6. The average molecular weight is 498 g/mol. The predicted molar refractivity (Wildman–Crippen MR) is 132 cm³/mol. The summed E-state index contributed by atoms with van der Waals surface area (Å²) in [4.78, 5) is 29.1. The minimum Gasteiger partial charge on any atom is -0.454 e. The molecule has 176 valence electrons. The number of rotatable bonds is 5. The Kier molecular flexibility index (Phi) is 6.45. The van der Waals surface area contributed by atoms with E-state index in [1.807, 2.05) is 12.1 Å². The molecule has 0 bridgehead atoms. The molecule has 0 aliphatic carbocycles. The molecule has 34 heavy (non-hydrogen) atoms. The number of thiophene rings is 1. The molecule has 3 heterocycles. The van der Waals surface area contributed by atoms with Gasteiger partial charge in [0.05, 0.1) is 9.21 Å². The molecule has 1 unspecified atom stereocenters. The molecular weight excluding hydrogens is 474 g/mol. The first-order valence-corrected chi connectivity index (χ1v) is 12.2. The number of amides is 2. The smallest absolute Gasteiger partial charge is 0.262 e. The third-order valence-corrected chi connectivity index (χ3v) is 7.29. The van der Waals surface area contributed by atoms with E-state index in [4.69, 9.17) is 21.1 Å². The Balaban J connectivity index is 1.40. The van der Waals surface area contributed by atoms with Gasteiger partial charge in [0.2, 0.25) is 6.79 Å². The second kappa shape index (κ2) is 9.66. The normalized spacial score (nSPS) is 15.8. The molecule has 0 saturated carbocycles. The quantitative estimate of drug-likeness (QED) is 0.550. The van der Waals surface area contributed by atoms with Crippen LogP contribution >= 0.6 is 22.9 Å². The van der Waals surface area contributed by atoms with Crippen molar-refractivity contribution in [2.75, 3.05) is 32.2 Å². The van der Waals surface area contributed by atoms with E-state index >= 15 is 0 Å². The van der Waals surface area contributed by atoms with Crippen molar-refractivity contribution in [3.05, 3.63) is 74.4 Å². The van der Waals surface area contributed by atoms with Crippen LogP contribution in [0, 0.1) is 0 Å². The number of benzene rings is 2. The van der Waals surface area contributed by atoms with Crippen LogP contribution in [0.25, 0.3) is 0 Å². The SMILES string of the molecule is CN1CCc2ccc(NC(=O)C(NC(=O)c3ccc(Cl)s3)c3ccc4c(c3)OCO4)cc2CC1. The van der Waals surface area contributed by atoms with E-state index in [1.165, 1.54) is 11.1 Å². The highest BCUT2D eigenvalue weighted by atomic mass is 35.5. The Morgan fingerprint density at radius 1 is 1.00 bits per heavy atom. The van der Waals surface area contributed by atoms with Gasteiger partial charge in [-0.25, -0.2) is 0 Å². The average Bonchev–Trinajstić information content (AvgIpc) is 3.44. The highest BCUT2D eigenvalue weighted by Crippen LogP contribution is 2.35. The van der Waals surface area contributed by atoms with E-state index in [1.54, 1.807) is 30.3 Å². The van der Waals surface area contributed by atoms with Crippen molar-refractivity contribution in [3.63, 3.8) is 0 Å². The van der Waals surface area contributed by atoms with E-state index in [0.717, 1.165) is 37.3 Å². The topological polar surface area (TPSA) is 79.9 Å². The van der Waals surface area contributed by atoms with Crippen LogP contribution in [-0.2, 0) is 17.6 Å². The van der Waals surface area contributed by atoms with Crippen molar-refractivity contribution < 1.29 is 19.1 Å². The van der Waals surface area contributed by atoms with Gasteiger partial charge in [0, 0.05) is 18.8 Å². The van der Waals surface area contributed by atoms with Gasteiger partial charge in [0.25, 0.3) is 11.8 Å².